The van der Waals surface area contributed by atoms with Gasteiger partial charge in [0.15, 0.2) is 0 Å². The molecule has 1 aromatic carbocycles. The van der Waals surface area contributed by atoms with Crippen LogP contribution < -0.4 is 5.32 Å². The van der Waals surface area contributed by atoms with Gasteiger partial charge in [-0.05, 0) is 24.3 Å². The summed E-state index contributed by atoms with van der Waals surface area (Å²) in [6.07, 6.45) is 4.50. The SMILES string of the molecule is O=C(NCC1(CBr)CCCC1)c1ccccc1[N+](=O)[O-]. The van der Waals surface area contributed by atoms with E-state index in [1.54, 1.807) is 12.1 Å². The summed E-state index contributed by atoms with van der Waals surface area (Å²) in [4.78, 5) is 22.6. The summed E-state index contributed by atoms with van der Waals surface area (Å²) in [5, 5.41) is 14.6. The third kappa shape index (κ3) is 3.17. The van der Waals surface area contributed by atoms with Gasteiger partial charge in [-0.2, -0.15) is 0 Å². The van der Waals surface area contributed by atoms with Crippen molar-refractivity contribution in [2.24, 2.45) is 5.41 Å². The Bertz CT molecular complexity index is 513. The summed E-state index contributed by atoms with van der Waals surface area (Å²) in [7, 11) is 0. The number of hydrogen-bond acceptors (Lipinski definition) is 3. The van der Waals surface area contributed by atoms with Crippen LogP contribution in [0, 0.1) is 15.5 Å². The van der Waals surface area contributed by atoms with Gasteiger partial charge in [-0.1, -0.05) is 40.9 Å². The fraction of sp³-hybridized carbons (Fsp3) is 0.500. The van der Waals surface area contributed by atoms with Gasteiger partial charge in [0.05, 0.1) is 4.92 Å². The zero-order valence-electron chi connectivity index (χ0n) is 11.1. The first-order chi connectivity index (χ1) is 9.58. The van der Waals surface area contributed by atoms with E-state index in [0.29, 0.717) is 6.54 Å². The third-order valence-corrected chi connectivity index (χ3v) is 5.11. The highest BCUT2D eigenvalue weighted by Gasteiger charge is 2.33. The van der Waals surface area contributed by atoms with Crippen LogP contribution in [0.5, 0.6) is 0 Å². The first-order valence-electron chi connectivity index (χ1n) is 6.66. The van der Waals surface area contributed by atoms with Crippen molar-refractivity contribution in [1.29, 1.82) is 0 Å². The maximum absolute atomic E-state index is 12.2. The predicted molar refractivity (Wildman–Crippen MR) is 80.1 cm³/mol. The van der Waals surface area contributed by atoms with Gasteiger partial charge in [-0.3, -0.25) is 14.9 Å². The Kier molecular flexibility index (Phi) is 4.75. The van der Waals surface area contributed by atoms with Crippen molar-refractivity contribution in [3.8, 4) is 0 Å². The summed E-state index contributed by atoms with van der Waals surface area (Å²) >= 11 is 3.52. The van der Waals surface area contributed by atoms with E-state index in [2.05, 4.69) is 21.2 Å². The summed E-state index contributed by atoms with van der Waals surface area (Å²) in [5.74, 6) is -0.371. The Morgan fingerprint density at radius 1 is 1.35 bits per heavy atom. The van der Waals surface area contributed by atoms with E-state index >= 15 is 0 Å². The fourth-order valence-electron chi connectivity index (χ4n) is 2.67. The molecule has 1 aromatic rings. The minimum absolute atomic E-state index is 0.0964. The van der Waals surface area contributed by atoms with Crippen molar-refractivity contribution in [1.82, 2.24) is 5.32 Å². The standard InChI is InChI=1S/C14H17BrN2O3/c15-9-14(7-3-4-8-14)10-16-13(18)11-5-1-2-6-12(11)17(19)20/h1-2,5-6H,3-4,7-10H2,(H,16,18). The molecular weight excluding hydrogens is 324 g/mol. The number of amides is 1. The van der Waals surface area contributed by atoms with E-state index in [4.69, 9.17) is 0 Å². The molecule has 0 heterocycles. The molecule has 0 aromatic heterocycles. The molecule has 0 unspecified atom stereocenters. The second kappa shape index (κ2) is 6.35. The maximum atomic E-state index is 12.2. The monoisotopic (exact) mass is 340 g/mol. The number of nitro benzene ring substituents is 1. The molecule has 108 valence electrons. The molecule has 1 aliphatic carbocycles. The Morgan fingerprint density at radius 3 is 2.60 bits per heavy atom. The first kappa shape index (κ1) is 15.0. The number of nitro groups is 1. The number of nitrogens with zero attached hydrogens (tertiary/aromatic N) is 1. The van der Waals surface area contributed by atoms with Crippen LogP contribution in [0.2, 0.25) is 0 Å². The van der Waals surface area contributed by atoms with Crippen molar-refractivity contribution in [3.63, 3.8) is 0 Å². The van der Waals surface area contributed by atoms with E-state index in [1.165, 1.54) is 25.0 Å². The van der Waals surface area contributed by atoms with Gasteiger partial charge < -0.3 is 5.32 Å². The molecule has 1 amide bonds. The first-order valence-corrected chi connectivity index (χ1v) is 7.78. The molecule has 0 aliphatic heterocycles. The smallest absolute Gasteiger partial charge is 0.282 e. The van der Waals surface area contributed by atoms with Crippen LogP contribution in [0.25, 0.3) is 0 Å². The van der Waals surface area contributed by atoms with Gasteiger partial charge in [0.25, 0.3) is 11.6 Å². The summed E-state index contributed by atoms with van der Waals surface area (Å²) in [6, 6.07) is 6.04. The van der Waals surface area contributed by atoms with Gasteiger partial charge in [-0.25, -0.2) is 0 Å². The molecule has 0 spiro atoms. The highest BCUT2D eigenvalue weighted by molar-refractivity contribution is 9.09. The normalized spacial score (nSPS) is 16.9. The average Bonchev–Trinajstić information content (AvgIpc) is 2.94. The summed E-state index contributed by atoms with van der Waals surface area (Å²) in [5.41, 5.74) is 0.0729. The van der Waals surface area contributed by atoms with Crippen molar-refractivity contribution >= 4 is 27.5 Å². The van der Waals surface area contributed by atoms with Crippen molar-refractivity contribution in [2.75, 3.05) is 11.9 Å². The van der Waals surface area contributed by atoms with Crippen LogP contribution in [0.3, 0.4) is 0 Å². The van der Waals surface area contributed by atoms with Gasteiger partial charge in [0.1, 0.15) is 5.56 Å². The quantitative estimate of drug-likeness (QED) is 0.507. The van der Waals surface area contributed by atoms with Crippen LogP contribution in [0.1, 0.15) is 36.0 Å². The Balaban J connectivity index is 2.07. The number of alkyl halides is 1. The number of hydrogen-bond donors (Lipinski definition) is 1. The molecular formula is C14H17BrN2O3. The molecule has 2 rings (SSSR count). The number of rotatable bonds is 5. The van der Waals surface area contributed by atoms with Crippen LogP contribution in [0.4, 0.5) is 5.69 Å². The summed E-state index contributed by atoms with van der Waals surface area (Å²) < 4.78 is 0. The number of halogens is 1. The summed E-state index contributed by atoms with van der Waals surface area (Å²) in [6.45, 7) is 0.559. The molecule has 0 radical (unpaired) electrons. The highest BCUT2D eigenvalue weighted by atomic mass is 79.9. The van der Waals surface area contributed by atoms with E-state index in [0.717, 1.165) is 18.2 Å². The van der Waals surface area contributed by atoms with E-state index < -0.39 is 4.92 Å². The third-order valence-electron chi connectivity index (χ3n) is 3.92. The number of carbonyl (C=O) groups is 1. The molecule has 1 aliphatic rings. The lowest BCUT2D eigenvalue weighted by molar-refractivity contribution is -0.385. The van der Waals surface area contributed by atoms with Gasteiger partial charge in [0.2, 0.25) is 0 Å². The van der Waals surface area contributed by atoms with E-state index in [-0.39, 0.29) is 22.6 Å². The molecule has 1 N–H and O–H groups in total. The van der Waals surface area contributed by atoms with Crippen LogP contribution in [-0.2, 0) is 0 Å². The van der Waals surface area contributed by atoms with Crippen LogP contribution >= 0.6 is 15.9 Å². The van der Waals surface area contributed by atoms with Crippen molar-refractivity contribution < 1.29 is 9.72 Å². The zero-order valence-corrected chi connectivity index (χ0v) is 12.7. The maximum Gasteiger partial charge on any atom is 0.282 e. The molecule has 0 saturated heterocycles. The molecule has 20 heavy (non-hydrogen) atoms. The number of para-hydroxylation sites is 1. The Hall–Kier alpha value is -1.43. The highest BCUT2D eigenvalue weighted by Crippen LogP contribution is 2.39. The van der Waals surface area contributed by atoms with E-state index in [9.17, 15) is 14.9 Å². The van der Waals surface area contributed by atoms with Gasteiger partial charge in [-0.15, -0.1) is 0 Å². The molecule has 1 fully saturated rings. The van der Waals surface area contributed by atoms with Crippen molar-refractivity contribution in [3.05, 3.63) is 39.9 Å². The second-order valence-corrected chi connectivity index (χ2v) is 5.86. The second-order valence-electron chi connectivity index (χ2n) is 5.30. The van der Waals surface area contributed by atoms with Gasteiger partial charge >= 0.3 is 0 Å². The lowest BCUT2D eigenvalue weighted by Crippen LogP contribution is -2.37. The number of nitrogens with one attached hydrogen (secondary N) is 1. The number of carbonyl (C=O) groups excluding carboxylic acids is 1. The molecule has 5 nitrogen and oxygen atoms in total. The Labute approximate surface area is 126 Å². The lowest BCUT2D eigenvalue weighted by Gasteiger charge is -2.26. The average molecular weight is 341 g/mol. The predicted octanol–water partition coefficient (Wildman–Crippen LogP) is 3.28. The molecule has 0 atom stereocenters. The molecule has 1 saturated carbocycles. The number of benzene rings is 1. The topological polar surface area (TPSA) is 72.2 Å². The lowest BCUT2D eigenvalue weighted by atomic mass is 9.89. The van der Waals surface area contributed by atoms with E-state index in [1.807, 2.05) is 0 Å². The van der Waals surface area contributed by atoms with Gasteiger partial charge in [0, 0.05) is 17.9 Å². The zero-order chi connectivity index (χ0) is 14.6. The molecule has 6 heteroatoms. The largest absolute Gasteiger partial charge is 0.351 e. The van der Waals surface area contributed by atoms with Crippen LogP contribution in [0.15, 0.2) is 24.3 Å². The van der Waals surface area contributed by atoms with Crippen LogP contribution in [-0.4, -0.2) is 22.7 Å². The molecule has 0 bridgehead atoms. The fourth-order valence-corrected chi connectivity index (χ4v) is 3.43. The minimum atomic E-state index is -0.523. The Morgan fingerprint density at radius 2 is 2.00 bits per heavy atom. The minimum Gasteiger partial charge on any atom is -0.351 e. The van der Waals surface area contributed by atoms with Crippen molar-refractivity contribution in [2.45, 2.75) is 25.7 Å².